The second-order valence-electron chi connectivity index (χ2n) is 4.56. The smallest absolute Gasteiger partial charge is 0.127 e. The Labute approximate surface area is 123 Å². The first-order chi connectivity index (χ1) is 9.85. The van der Waals surface area contributed by atoms with E-state index >= 15 is 0 Å². The lowest BCUT2D eigenvalue weighted by Crippen LogP contribution is -1.91. The van der Waals surface area contributed by atoms with Gasteiger partial charge in [-0.3, -0.25) is 0 Å². The normalized spacial score (nSPS) is 10.7. The fourth-order valence-electron chi connectivity index (χ4n) is 2.55. The Balaban J connectivity index is 2.39. The van der Waals surface area contributed by atoms with E-state index in [0.29, 0.717) is 0 Å². The summed E-state index contributed by atoms with van der Waals surface area (Å²) in [5.41, 5.74) is 2.41. The largest absolute Gasteiger partial charge is 0.496 e. The van der Waals surface area contributed by atoms with E-state index in [0.717, 1.165) is 5.75 Å². The molecule has 0 aliphatic heterocycles. The third kappa shape index (κ3) is 2.16. The molecule has 100 valence electrons. The highest BCUT2D eigenvalue weighted by Crippen LogP contribution is 2.40. The van der Waals surface area contributed by atoms with Crippen LogP contribution < -0.4 is 4.74 Å². The van der Waals surface area contributed by atoms with Crippen molar-refractivity contribution in [1.29, 1.82) is 0 Å². The van der Waals surface area contributed by atoms with E-state index in [9.17, 15) is 0 Å². The molecule has 3 aromatic rings. The Morgan fingerprint density at radius 1 is 0.850 bits per heavy atom. The minimum atomic E-state index is 0.921. The maximum atomic E-state index is 5.60. The van der Waals surface area contributed by atoms with Crippen molar-refractivity contribution >= 4 is 22.5 Å². The fourth-order valence-corrected chi connectivity index (χ4v) is 3.16. The molecular weight excluding hydrogens is 264 g/mol. The first-order valence-electron chi connectivity index (χ1n) is 6.54. The van der Waals surface area contributed by atoms with Crippen LogP contribution in [0.1, 0.15) is 0 Å². The standard InChI is InChI=1S/C18H16OS/c1-19-16-12-11-13-7-3-4-8-14(13)18(16)15-9-5-6-10-17(15)20-2/h3-12H,1-2H3. The Morgan fingerprint density at radius 2 is 1.60 bits per heavy atom. The van der Waals surface area contributed by atoms with Crippen LogP contribution in [0.4, 0.5) is 0 Å². The summed E-state index contributed by atoms with van der Waals surface area (Å²) in [6.45, 7) is 0. The topological polar surface area (TPSA) is 9.23 Å². The molecule has 3 aromatic carbocycles. The van der Waals surface area contributed by atoms with Crippen molar-refractivity contribution in [1.82, 2.24) is 0 Å². The average Bonchev–Trinajstić information content (AvgIpc) is 2.53. The zero-order valence-electron chi connectivity index (χ0n) is 11.6. The molecule has 0 atom stereocenters. The molecule has 2 heteroatoms. The van der Waals surface area contributed by atoms with Gasteiger partial charge in [-0.05, 0) is 34.7 Å². The molecular formula is C18H16OS. The third-order valence-electron chi connectivity index (χ3n) is 3.49. The lowest BCUT2D eigenvalue weighted by Gasteiger charge is -2.14. The predicted octanol–water partition coefficient (Wildman–Crippen LogP) is 5.24. The van der Waals surface area contributed by atoms with Crippen LogP contribution in [0.3, 0.4) is 0 Å². The number of ether oxygens (including phenoxy) is 1. The van der Waals surface area contributed by atoms with Crippen molar-refractivity contribution in [3.8, 4) is 16.9 Å². The van der Waals surface area contributed by atoms with E-state index < -0.39 is 0 Å². The Hall–Kier alpha value is -1.93. The molecule has 0 amide bonds. The lowest BCUT2D eigenvalue weighted by molar-refractivity contribution is 0.417. The molecule has 0 aliphatic rings. The second-order valence-corrected chi connectivity index (χ2v) is 5.41. The first-order valence-corrected chi connectivity index (χ1v) is 7.76. The molecule has 0 saturated carbocycles. The second kappa shape index (κ2) is 5.59. The predicted molar refractivity (Wildman–Crippen MR) is 87.7 cm³/mol. The molecule has 1 nitrogen and oxygen atoms in total. The zero-order valence-corrected chi connectivity index (χ0v) is 12.4. The summed E-state index contributed by atoms with van der Waals surface area (Å²) in [4.78, 5) is 1.27. The van der Waals surface area contributed by atoms with E-state index in [1.54, 1.807) is 18.9 Å². The van der Waals surface area contributed by atoms with Gasteiger partial charge in [-0.25, -0.2) is 0 Å². The third-order valence-corrected chi connectivity index (χ3v) is 4.28. The van der Waals surface area contributed by atoms with Crippen LogP contribution in [0.2, 0.25) is 0 Å². The van der Waals surface area contributed by atoms with Gasteiger partial charge in [0, 0.05) is 10.5 Å². The van der Waals surface area contributed by atoms with Gasteiger partial charge < -0.3 is 4.74 Å². The number of hydrogen-bond donors (Lipinski definition) is 0. The highest BCUT2D eigenvalue weighted by Gasteiger charge is 2.13. The van der Waals surface area contributed by atoms with Gasteiger partial charge in [0.05, 0.1) is 7.11 Å². The SMILES string of the molecule is COc1ccc2ccccc2c1-c1ccccc1SC. The van der Waals surface area contributed by atoms with Gasteiger partial charge >= 0.3 is 0 Å². The summed E-state index contributed by atoms with van der Waals surface area (Å²) in [5, 5.41) is 2.47. The van der Waals surface area contributed by atoms with E-state index in [1.165, 1.54) is 26.8 Å². The van der Waals surface area contributed by atoms with E-state index in [1.807, 2.05) is 0 Å². The molecule has 0 heterocycles. The summed E-state index contributed by atoms with van der Waals surface area (Å²) < 4.78 is 5.60. The van der Waals surface area contributed by atoms with Crippen molar-refractivity contribution in [2.45, 2.75) is 4.90 Å². The zero-order chi connectivity index (χ0) is 13.9. The van der Waals surface area contributed by atoms with Gasteiger partial charge in [-0.2, -0.15) is 0 Å². The van der Waals surface area contributed by atoms with Crippen molar-refractivity contribution in [3.05, 3.63) is 60.7 Å². The summed E-state index contributed by atoms with van der Waals surface area (Å²) in [5.74, 6) is 0.921. The van der Waals surface area contributed by atoms with Crippen LogP contribution in [0.5, 0.6) is 5.75 Å². The molecule has 0 bridgehead atoms. The van der Waals surface area contributed by atoms with Gasteiger partial charge in [0.25, 0.3) is 0 Å². The van der Waals surface area contributed by atoms with Crippen LogP contribution in [-0.2, 0) is 0 Å². The van der Waals surface area contributed by atoms with Crippen LogP contribution in [0.25, 0.3) is 21.9 Å². The summed E-state index contributed by atoms with van der Waals surface area (Å²) in [6, 6.07) is 21.1. The molecule has 20 heavy (non-hydrogen) atoms. The molecule has 0 unspecified atom stereocenters. The van der Waals surface area contributed by atoms with Crippen molar-refractivity contribution < 1.29 is 4.74 Å². The molecule has 0 fully saturated rings. The van der Waals surface area contributed by atoms with Crippen LogP contribution in [0.15, 0.2) is 65.6 Å². The Kier molecular flexibility index (Phi) is 3.66. The minimum Gasteiger partial charge on any atom is -0.496 e. The number of benzene rings is 3. The molecule has 0 spiro atoms. The van der Waals surface area contributed by atoms with Crippen molar-refractivity contribution in [2.24, 2.45) is 0 Å². The summed E-state index contributed by atoms with van der Waals surface area (Å²) in [7, 11) is 1.73. The summed E-state index contributed by atoms with van der Waals surface area (Å²) >= 11 is 1.76. The molecule has 0 aliphatic carbocycles. The maximum Gasteiger partial charge on any atom is 0.127 e. The monoisotopic (exact) mass is 280 g/mol. The first kappa shape index (κ1) is 13.1. The average molecular weight is 280 g/mol. The Morgan fingerprint density at radius 3 is 2.40 bits per heavy atom. The van der Waals surface area contributed by atoms with Crippen molar-refractivity contribution in [3.63, 3.8) is 0 Å². The number of fused-ring (bicyclic) bond motifs is 1. The van der Waals surface area contributed by atoms with Crippen LogP contribution in [-0.4, -0.2) is 13.4 Å². The minimum absolute atomic E-state index is 0.921. The number of methoxy groups -OCH3 is 1. The van der Waals surface area contributed by atoms with Gasteiger partial charge in [-0.15, -0.1) is 11.8 Å². The van der Waals surface area contributed by atoms with Gasteiger partial charge in [0.2, 0.25) is 0 Å². The molecule has 3 rings (SSSR count). The number of rotatable bonds is 3. The molecule has 0 radical (unpaired) electrons. The van der Waals surface area contributed by atoms with Gasteiger partial charge in [0.1, 0.15) is 5.75 Å². The van der Waals surface area contributed by atoms with Crippen LogP contribution in [0, 0.1) is 0 Å². The fraction of sp³-hybridized carbons (Fsp3) is 0.111. The van der Waals surface area contributed by atoms with Gasteiger partial charge in [-0.1, -0.05) is 48.5 Å². The van der Waals surface area contributed by atoms with E-state index in [4.69, 9.17) is 4.74 Å². The van der Waals surface area contributed by atoms with E-state index in [2.05, 4.69) is 66.9 Å². The maximum absolute atomic E-state index is 5.60. The van der Waals surface area contributed by atoms with Crippen LogP contribution >= 0.6 is 11.8 Å². The lowest BCUT2D eigenvalue weighted by atomic mass is 9.97. The highest BCUT2D eigenvalue weighted by molar-refractivity contribution is 7.98. The molecule has 0 aromatic heterocycles. The molecule has 0 N–H and O–H groups in total. The number of hydrogen-bond acceptors (Lipinski definition) is 2. The number of thioether (sulfide) groups is 1. The van der Waals surface area contributed by atoms with Gasteiger partial charge in [0.15, 0.2) is 0 Å². The summed E-state index contributed by atoms with van der Waals surface area (Å²) in [6.07, 6.45) is 2.11. The molecule has 0 saturated heterocycles. The van der Waals surface area contributed by atoms with Crippen molar-refractivity contribution in [2.75, 3.05) is 13.4 Å². The van der Waals surface area contributed by atoms with E-state index in [-0.39, 0.29) is 0 Å². The Bertz CT molecular complexity index is 749. The highest BCUT2D eigenvalue weighted by atomic mass is 32.2. The quantitative estimate of drug-likeness (QED) is 0.607.